The van der Waals surface area contributed by atoms with E-state index in [0.717, 1.165) is 17.3 Å². The van der Waals surface area contributed by atoms with Gasteiger partial charge < -0.3 is 15.2 Å². The monoisotopic (exact) mass is 423 g/mol. The highest BCUT2D eigenvalue weighted by atomic mass is 79.9. The maximum absolute atomic E-state index is 11.9. The fraction of sp³-hybridized carbons (Fsp3) is 0.222. The van der Waals surface area contributed by atoms with Crippen molar-refractivity contribution in [2.75, 3.05) is 5.32 Å². The van der Waals surface area contributed by atoms with Crippen molar-refractivity contribution in [2.45, 2.75) is 19.4 Å². The highest BCUT2D eigenvalue weighted by Gasteiger charge is 2.30. The smallest absolute Gasteiger partial charge is 0.337 e. The summed E-state index contributed by atoms with van der Waals surface area (Å²) in [6.45, 7) is 0.190. The first kappa shape index (κ1) is 17.8. The molecule has 2 aromatic carbocycles. The number of hydrogen-bond donors (Lipinski definition) is 2. The Hall–Kier alpha value is -2.05. The number of aromatic carboxylic acids is 1. The van der Waals surface area contributed by atoms with Gasteiger partial charge in [0.2, 0.25) is 5.91 Å². The second kappa shape index (κ2) is 7.45. The van der Waals surface area contributed by atoms with E-state index in [1.807, 2.05) is 0 Å². The summed E-state index contributed by atoms with van der Waals surface area (Å²) in [5.41, 5.74) is 1.03. The van der Waals surface area contributed by atoms with E-state index < -0.39 is 5.97 Å². The van der Waals surface area contributed by atoms with Crippen LogP contribution in [-0.2, 0) is 11.4 Å². The highest BCUT2D eigenvalue weighted by Crippen LogP contribution is 2.31. The highest BCUT2D eigenvalue weighted by molar-refractivity contribution is 9.10. The molecule has 0 aromatic heterocycles. The summed E-state index contributed by atoms with van der Waals surface area (Å²) in [6, 6.07) is 10.0. The number of anilines is 1. The molecule has 0 heterocycles. The van der Waals surface area contributed by atoms with Crippen molar-refractivity contribution in [2.24, 2.45) is 5.92 Å². The van der Waals surface area contributed by atoms with E-state index in [1.165, 1.54) is 6.07 Å². The van der Waals surface area contributed by atoms with Gasteiger partial charge in [0.05, 0.1) is 16.3 Å². The lowest BCUT2D eigenvalue weighted by Gasteiger charge is -2.11. The van der Waals surface area contributed by atoms with Crippen molar-refractivity contribution in [1.82, 2.24) is 0 Å². The van der Waals surface area contributed by atoms with Gasteiger partial charge in [0.15, 0.2) is 0 Å². The summed E-state index contributed by atoms with van der Waals surface area (Å²) in [5.74, 6) is -0.640. The molecule has 3 rings (SSSR count). The van der Waals surface area contributed by atoms with Crippen LogP contribution in [0.1, 0.15) is 28.8 Å². The van der Waals surface area contributed by atoms with Crippen LogP contribution in [0.3, 0.4) is 0 Å². The lowest BCUT2D eigenvalue weighted by atomic mass is 10.1. The molecule has 25 heavy (non-hydrogen) atoms. The van der Waals surface area contributed by atoms with Gasteiger partial charge in [0.1, 0.15) is 12.4 Å². The fourth-order valence-corrected chi connectivity index (χ4v) is 2.70. The minimum absolute atomic E-state index is 0.00630. The number of amides is 1. The second-order valence-corrected chi connectivity index (χ2v) is 7.07. The van der Waals surface area contributed by atoms with Crippen LogP contribution in [0.5, 0.6) is 5.75 Å². The first-order valence-electron chi connectivity index (χ1n) is 7.69. The largest absolute Gasteiger partial charge is 0.489 e. The van der Waals surface area contributed by atoms with E-state index in [1.54, 1.807) is 30.3 Å². The van der Waals surface area contributed by atoms with Gasteiger partial charge in [-0.1, -0.05) is 17.7 Å². The number of carbonyl (C=O) groups excluding carboxylic acids is 1. The van der Waals surface area contributed by atoms with Gasteiger partial charge in [0, 0.05) is 10.4 Å². The lowest BCUT2D eigenvalue weighted by molar-refractivity contribution is -0.117. The Morgan fingerprint density at radius 2 is 2.00 bits per heavy atom. The predicted molar refractivity (Wildman–Crippen MR) is 98.2 cm³/mol. The van der Waals surface area contributed by atoms with Gasteiger partial charge >= 0.3 is 5.97 Å². The summed E-state index contributed by atoms with van der Waals surface area (Å²) in [7, 11) is 0. The summed E-state index contributed by atoms with van der Waals surface area (Å²) < 4.78 is 6.42. The van der Waals surface area contributed by atoms with Gasteiger partial charge in [-0.15, -0.1) is 0 Å². The third kappa shape index (κ3) is 4.52. The first-order chi connectivity index (χ1) is 11.9. The standard InChI is InChI=1S/C18H15BrClNO4/c19-14-5-4-12(8-15(14)20)25-9-10-1-6-16(13(7-10)18(23)24)21-17(22)11-2-3-11/h1,4-8,11H,2-3,9H2,(H,21,22)(H,23,24). The zero-order chi connectivity index (χ0) is 18.0. The molecule has 1 saturated carbocycles. The molecule has 0 radical (unpaired) electrons. The molecular weight excluding hydrogens is 410 g/mol. The number of ether oxygens (including phenoxy) is 1. The Morgan fingerprint density at radius 1 is 1.24 bits per heavy atom. The average Bonchev–Trinajstić information content (AvgIpc) is 3.41. The van der Waals surface area contributed by atoms with E-state index in [4.69, 9.17) is 16.3 Å². The topological polar surface area (TPSA) is 75.6 Å². The number of nitrogens with one attached hydrogen (secondary N) is 1. The van der Waals surface area contributed by atoms with Gasteiger partial charge in [-0.25, -0.2) is 4.79 Å². The van der Waals surface area contributed by atoms with Crippen molar-refractivity contribution in [1.29, 1.82) is 0 Å². The minimum atomic E-state index is -1.10. The van der Waals surface area contributed by atoms with Crippen LogP contribution in [0, 0.1) is 5.92 Å². The third-order valence-electron chi connectivity index (χ3n) is 3.82. The van der Waals surface area contributed by atoms with Crippen molar-refractivity contribution in [3.05, 3.63) is 57.0 Å². The van der Waals surface area contributed by atoms with Crippen LogP contribution in [0.2, 0.25) is 5.02 Å². The molecular formula is C18H15BrClNO4. The molecule has 0 saturated heterocycles. The molecule has 1 aliphatic carbocycles. The van der Waals surface area contributed by atoms with E-state index in [2.05, 4.69) is 21.2 Å². The van der Waals surface area contributed by atoms with Crippen LogP contribution in [-0.4, -0.2) is 17.0 Å². The molecule has 0 unspecified atom stereocenters. The quantitative estimate of drug-likeness (QED) is 0.703. The van der Waals surface area contributed by atoms with Gasteiger partial charge in [-0.2, -0.15) is 0 Å². The summed E-state index contributed by atoms with van der Waals surface area (Å²) >= 11 is 9.32. The number of benzene rings is 2. The number of carboxylic acid groups (broad SMARTS) is 1. The number of halogens is 2. The Balaban J connectivity index is 1.73. The van der Waals surface area contributed by atoms with E-state index >= 15 is 0 Å². The van der Waals surface area contributed by atoms with Gasteiger partial charge in [0.25, 0.3) is 0 Å². The summed E-state index contributed by atoms with van der Waals surface area (Å²) in [5, 5.41) is 12.6. The van der Waals surface area contributed by atoms with Gasteiger partial charge in [-0.3, -0.25) is 4.79 Å². The molecule has 0 aliphatic heterocycles. The molecule has 5 nitrogen and oxygen atoms in total. The molecule has 0 atom stereocenters. The molecule has 0 bridgehead atoms. The average molecular weight is 425 g/mol. The normalized spacial score (nSPS) is 13.4. The maximum atomic E-state index is 11.9. The molecule has 2 aromatic rings. The third-order valence-corrected chi connectivity index (χ3v) is 5.05. The summed E-state index contributed by atoms with van der Waals surface area (Å²) in [6.07, 6.45) is 1.71. The number of carboxylic acids is 1. The van der Waals surface area contributed by atoms with Crippen LogP contribution in [0.4, 0.5) is 5.69 Å². The number of carbonyl (C=O) groups is 2. The Kier molecular flexibility index (Phi) is 5.30. The second-order valence-electron chi connectivity index (χ2n) is 5.81. The van der Waals surface area contributed by atoms with Crippen LogP contribution >= 0.6 is 27.5 Å². The molecule has 1 amide bonds. The van der Waals surface area contributed by atoms with E-state index in [-0.39, 0.29) is 24.0 Å². The fourth-order valence-electron chi connectivity index (χ4n) is 2.28. The van der Waals surface area contributed by atoms with E-state index in [9.17, 15) is 14.7 Å². The molecule has 7 heteroatoms. The van der Waals surface area contributed by atoms with Crippen LogP contribution in [0.25, 0.3) is 0 Å². The number of rotatable bonds is 6. The minimum Gasteiger partial charge on any atom is -0.489 e. The van der Waals surface area contributed by atoms with Crippen molar-refractivity contribution >= 4 is 45.1 Å². The van der Waals surface area contributed by atoms with Crippen LogP contribution < -0.4 is 10.1 Å². The lowest BCUT2D eigenvalue weighted by Crippen LogP contribution is -2.16. The molecule has 0 spiro atoms. The van der Waals surface area contributed by atoms with Crippen molar-refractivity contribution in [3.63, 3.8) is 0 Å². The molecule has 1 aliphatic rings. The Labute approximate surface area is 158 Å². The maximum Gasteiger partial charge on any atom is 0.337 e. The van der Waals surface area contributed by atoms with E-state index in [0.29, 0.717) is 22.0 Å². The number of hydrogen-bond acceptors (Lipinski definition) is 3. The summed E-state index contributed by atoms with van der Waals surface area (Å²) in [4.78, 5) is 23.3. The van der Waals surface area contributed by atoms with Gasteiger partial charge in [-0.05, 0) is 64.7 Å². The van der Waals surface area contributed by atoms with Crippen LogP contribution in [0.15, 0.2) is 40.9 Å². The Morgan fingerprint density at radius 3 is 2.64 bits per heavy atom. The molecule has 2 N–H and O–H groups in total. The first-order valence-corrected chi connectivity index (χ1v) is 8.86. The van der Waals surface area contributed by atoms with Crippen molar-refractivity contribution < 1.29 is 19.4 Å². The predicted octanol–water partition coefficient (Wildman–Crippen LogP) is 4.73. The molecule has 1 fully saturated rings. The van der Waals surface area contributed by atoms with Crippen molar-refractivity contribution in [3.8, 4) is 5.75 Å². The zero-order valence-corrected chi connectivity index (χ0v) is 15.4. The zero-order valence-electron chi connectivity index (χ0n) is 13.1. The Bertz CT molecular complexity index is 836. The SMILES string of the molecule is O=C(O)c1cc(COc2ccc(Br)c(Cl)c2)ccc1NC(=O)C1CC1. The molecule has 130 valence electrons.